The predicted molar refractivity (Wildman–Crippen MR) is 81.4 cm³/mol. The first-order valence-electron chi connectivity index (χ1n) is 6.71. The summed E-state index contributed by atoms with van der Waals surface area (Å²) in [7, 11) is 0. The fourth-order valence-corrected chi connectivity index (χ4v) is 2.78. The molecule has 0 aliphatic carbocycles. The van der Waals surface area contributed by atoms with E-state index in [0.717, 1.165) is 24.2 Å². The Bertz CT molecular complexity index is 561. The molecule has 0 radical (unpaired) electrons. The summed E-state index contributed by atoms with van der Waals surface area (Å²) in [6.45, 7) is 2.22. The van der Waals surface area contributed by atoms with Crippen LogP contribution in [0.4, 0.5) is 0 Å². The number of benzene rings is 1. The number of aryl methyl sites for hydroxylation is 1. The molecule has 1 heterocycles. The zero-order valence-electron chi connectivity index (χ0n) is 11.3. The van der Waals surface area contributed by atoms with E-state index < -0.39 is 0 Å². The number of aliphatic hydroxyl groups is 1. The van der Waals surface area contributed by atoms with Gasteiger partial charge < -0.3 is 9.63 Å². The first-order valence-corrected chi connectivity index (χ1v) is 7.47. The fraction of sp³-hybridized carbons (Fsp3) is 0.400. The average Bonchev–Trinajstić information content (AvgIpc) is 2.80. The summed E-state index contributed by atoms with van der Waals surface area (Å²) < 4.78 is 5.45. The third-order valence-electron chi connectivity index (χ3n) is 3.13. The monoisotopic (exact) mass is 313 g/mol. The second kappa shape index (κ2) is 7.11. The SMILES string of the molecule is CCCc1onc(-c2c(Cl)cccc2Cl)c1CCCO. The highest BCUT2D eigenvalue weighted by atomic mass is 35.5. The summed E-state index contributed by atoms with van der Waals surface area (Å²) in [5.74, 6) is 0.854. The summed E-state index contributed by atoms with van der Waals surface area (Å²) in [5.41, 5.74) is 2.39. The van der Waals surface area contributed by atoms with E-state index in [9.17, 15) is 0 Å². The lowest BCUT2D eigenvalue weighted by Gasteiger charge is -2.06. The van der Waals surface area contributed by atoms with Gasteiger partial charge in [0.1, 0.15) is 11.5 Å². The molecule has 0 bridgehead atoms. The molecule has 1 aromatic heterocycles. The molecule has 0 amide bonds. The molecule has 0 unspecified atom stereocenters. The van der Waals surface area contributed by atoms with Crippen molar-refractivity contribution in [2.24, 2.45) is 0 Å². The molecule has 0 saturated carbocycles. The molecule has 1 N–H and O–H groups in total. The molecule has 0 spiro atoms. The van der Waals surface area contributed by atoms with Gasteiger partial charge in [-0.1, -0.05) is 41.3 Å². The van der Waals surface area contributed by atoms with Crippen molar-refractivity contribution in [2.45, 2.75) is 32.6 Å². The Morgan fingerprint density at radius 1 is 1.20 bits per heavy atom. The second-order valence-corrected chi connectivity index (χ2v) is 5.42. The topological polar surface area (TPSA) is 46.3 Å². The molecule has 2 aromatic rings. The highest BCUT2D eigenvalue weighted by molar-refractivity contribution is 6.39. The lowest BCUT2D eigenvalue weighted by atomic mass is 10.0. The van der Waals surface area contributed by atoms with E-state index >= 15 is 0 Å². The Balaban J connectivity index is 2.50. The van der Waals surface area contributed by atoms with Gasteiger partial charge in [0.25, 0.3) is 0 Å². The van der Waals surface area contributed by atoms with Crippen molar-refractivity contribution in [2.75, 3.05) is 6.61 Å². The maximum atomic E-state index is 9.05. The summed E-state index contributed by atoms with van der Waals surface area (Å²) >= 11 is 12.5. The van der Waals surface area contributed by atoms with Crippen LogP contribution < -0.4 is 0 Å². The lowest BCUT2D eigenvalue weighted by molar-refractivity contribution is 0.288. The molecule has 0 aliphatic heterocycles. The van der Waals surface area contributed by atoms with Crippen LogP contribution in [-0.2, 0) is 12.8 Å². The first kappa shape index (κ1) is 15.4. The maximum absolute atomic E-state index is 9.05. The van der Waals surface area contributed by atoms with E-state index in [-0.39, 0.29) is 6.61 Å². The Kier molecular flexibility index (Phi) is 5.46. The Hall–Kier alpha value is -1.03. The van der Waals surface area contributed by atoms with E-state index in [2.05, 4.69) is 12.1 Å². The molecule has 5 heteroatoms. The minimum atomic E-state index is 0.131. The molecular weight excluding hydrogens is 297 g/mol. The normalized spacial score (nSPS) is 11.0. The van der Waals surface area contributed by atoms with Crippen molar-refractivity contribution in [3.05, 3.63) is 39.6 Å². The Morgan fingerprint density at radius 2 is 1.90 bits per heavy atom. The summed E-state index contributed by atoms with van der Waals surface area (Å²) in [5, 5.41) is 14.3. The number of halogens is 2. The number of aromatic nitrogens is 1. The van der Waals surface area contributed by atoms with Gasteiger partial charge in [-0.05, 0) is 31.4 Å². The highest BCUT2D eigenvalue weighted by Crippen LogP contribution is 2.37. The van der Waals surface area contributed by atoms with Gasteiger partial charge >= 0.3 is 0 Å². The van der Waals surface area contributed by atoms with Crippen molar-refractivity contribution in [1.82, 2.24) is 5.16 Å². The maximum Gasteiger partial charge on any atom is 0.140 e. The molecule has 0 saturated heterocycles. The van der Waals surface area contributed by atoms with Gasteiger partial charge in [-0.15, -0.1) is 0 Å². The van der Waals surface area contributed by atoms with E-state index in [0.29, 0.717) is 34.1 Å². The highest BCUT2D eigenvalue weighted by Gasteiger charge is 2.20. The van der Waals surface area contributed by atoms with Crippen LogP contribution in [0.25, 0.3) is 11.3 Å². The van der Waals surface area contributed by atoms with Crippen LogP contribution in [0.3, 0.4) is 0 Å². The smallest absolute Gasteiger partial charge is 0.140 e. The van der Waals surface area contributed by atoms with Crippen LogP contribution in [0, 0.1) is 0 Å². The van der Waals surface area contributed by atoms with Gasteiger partial charge in [0.2, 0.25) is 0 Å². The summed E-state index contributed by atoms with van der Waals surface area (Å²) in [4.78, 5) is 0. The predicted octanol–water partition coefficient (Wildman–Crippen LogP) is 4.53. The Labute approximate surface area is 128 Å². The van der Waals surface area contributed by atoms with Crippen LogP contribution in [0.15, 0.2) is 22.7 Å². The molecule has 0 fully saturated rings. The summed E-state index contributed by atoms with van der Waals surface area (Å²) in [6.07, 6.45) is 3.14. The second-order valence-electron chi connectivity index (χ2n) is 4.61. The van der Waals surface area contributed by atoms with Crippen LogP contribution in [-0.4, -0.2) is 16.9 Å². The van der Waals surface area contributed by atoms with Crippen molar-refractivity contribution < 1.29 is 9.63 Å². The quantitative estimate of drug-likeness (QED) is 0.852. The van der Waals surface area contributed by atoms with E-state index in [4.69, 9.17) is 32.8 Å². The lowest BCUT2D eigenvalue weighted by Crippen LogP contribution is -1.96. The van der Waals surface area contributed by atoms with Gasteiger partial charge in [-0.2, -0.15) is 0 Å². The Morgan fingerprint density at radius 3 is 2.50 bits per heavy atom. The zero-order valence-corrected chi connectivity index (χ0v) is 12.8. The summed E-state index contributed by atoms with van der Waals surface area (Å²) in [6, 6.07) is 5.37. The van der Waals surface area contributed by atoms with Gasteiger partial charge in [0.05, 0.1) is 10.0 Å². The standard InChI is InChI=1S/C15H17Cl2NO2/c1-2-5-13-10(6-4-9-19)15(18-20-13)14-11(16)7-3-8-12(14)17/h3,7-8,19H,2,4-6,9H2,1H3. The van der Waals surface area contributed by atoms with Crippen molar-refractivity contribution in [3.8, 4) is 11.3 Å². The average molecular weight is 314 g/mol. The molecule has 0 aliphatic rings. The van der Waals surface area contributed by atoms with E-state index in [1.54, 1.807) is 18.2 Å². The number of hydrogen-bond donors (Lipinski definition) is 1. The number of nitrogens with zero attached hydrogens (tertiary/aromatic N) is 1. The molecule has 20 heavy (non-hydrogen) atoms. The van der Waals surface area contributed by atoms with Crippen LogP contribution >= 0.6 is 23.2 Å². The third kappa shape index (κ3) is 3.17. The fourth-order valence-electron chi connectivity index (χ4n) is 2.20. The van der Waals surface area contributed by atoms with Gasteiger partial charge in [-0.25, -0.2) is 0 Å². The number of rotatable bonds is 6. The van der Waals surface area contributed by atoms with E-state index in [1.807, 2.05) is 0 Å². The van der Waals surface area contributed by atoms with Crippen molar-refractivity contribution in [3.63, 3.8) is 0 Å². The van der Waals surface area contributed by atoms with Crippen molar-refractivity contribution in [1.29, 1.82) is 0 Å². The minimum Gasteiger partial charge on any atom is -0.396 e. The van der Waals surface area contributed by atoms with Crippen LogP contribution in [0.1, 0.15) is 31.1 Å². The van der Waals surface area contributed by atoms with Crippen LogP contribution in [0.5, 0.6) is 0 Å². The van der Waals surface area contributed by atoms with Crippen molar-refractivity contribution >= 4 is 23.2 Å². The molecule has 108 valence electrons. The molecule has 2 rings (SSSR count). The van der Waals surface area contributed by atoms with Gasteiger partial charge in [0.15, 0.2) is 0 Å². The third-order valence-corrected chi connectivity index (χ3v) is 3.76. The first-order chi connectivity index (χ1) is 9.69. The molecule has 3 nitrogen and oxygen atoms in total. The molecule has 1 aromatic carbocycles. The number of hydrogen-bond acceptors (Lipinski definition) is 3. The largest absolute Gasteiger partial charge is 0.396 e. The van der Waals surface area contributed by atoms with Crippen LogP contribution in [0.2, 0.25) is 10.0 Å². The zero-order chi connectivity index (χ0) is 14.5. The number of aliphatic hydroxyl groups excluding tert-OH is 1. The van der Waals surface area contributed by atoms with Gasteiger partial charge in [-0.3, -0.25) is 0 Å². The minimum absolute atomic E-state index is 0.131. The van der Waals surface area contributed by atoms with Gasteiger partial charge in [0, 0.05) is 24.2 Å². The van der Waals surface area contributed by atoms with E-state index in [1.165, 1.54) is 0 Å². The molecule has 0 atom stereocenters. The molecular formula is C15H17Cl2NO2.